The van der Waals surface area contributed by atoms with E-state index in [0.717, 1.165) is 16.8 Å². The zero-order valence-electron chi connectivity index (χ0n) is 10.9. The number of hydrogen-bond acceptors (Lipinski definition) is 5. The Morgan fingerprint density at radius 1 is 1.32 bits per heavy atom. The lowest BCUT2D eigenvalue weighted by molar-refractivity contribution is 0.474. The molecule has 98 valence electrons. The highest BCUT2D eigenvalue weighted by Gasteiger charge is 2.16. The molecule has 0 radical (unpaired) electrons. The molecular formula is C13H15N5O. The van der Waals surface area contributed by atoms with Crippen LogP contribution >= 0.6 is 0 Å². The van der Waals surface area contributed by atoms with Gasteiger partial charge in [-0.05, 0) is 18.1 Å². The fourth-order valence-electron chi connectivity index (χ4n) is 2.16. The van der Waals surface area contributed by atoms with E-state index in [-0.39, 0.29) is 5.92 Å². The van der Waals surface area contributed by atoms with Gasteiger partial charge in [-0.2, -0.15) is 0 Å². The van der Waals surface area contributed by atoms with Crippen molar-refractivity contribution in [3.05, 3.63) is 35.9 Å². The summed E-state index contributed by atoms with van der Waals surface area (Å²) in [5.74, 6) is 1.32. The van der Waals surface area contributed by atoms with Crippen molar-refractivity contribution < 1.29 is 4.42 Å². The third-order valence-electron chi connectivity index (χ3n) is 2.97. The first kappa shape index (κ1) is 11.7. The van der Waals surface area contributed by atoms with Crippen molar-refractivity contribution in [3.8, 4) is 0 Å². The van der Waals surface area contributed by atoms with Crippen LogP contribution in [0.2, 0.25) is 0 Å². The number of nitrogens with two attached hydrogens (primary N) is 1. The Balaban J connectivity index is 1.97. The second-order valence-corrected chi connectivity index (χ2v) is 4.75. The van der Waals surface area contributed by atoms with E-state index in [2.05, 4.69) is 29.1 Å². The third-order valence-corrected chi connectivity index (χ3v) is 2.97. The predicted molar refractivity (Wildman–Crippen MR) is 71.6 cm³/mol. The molecule has 0 fully saturated rings. The molecule has 0 aliphatic rings. The average Bonchev–Trinajstić information content (AvgIpc) is 2.92. The minimum Gasteiger partial charge on any atom is -0.439 e. The minimum absolute atomic E-state index is 0.249. The van der Waals surface area contributed by atoms with Crippen LogP contribution in [0.15, 0.2) is 28.7 Å². The Kier molecular flexibility index (Phi) is 2.70. The second-order valence-electron chi connectivity index (χ2n) is 4.75. The van der Waals surface area contributed by atoms with Crippen molar-refractivity contribution in [1.82, 2.24) is 20.0 Å². The number of nitrogen functional groups attached to an aromatic ring is 1. The summed E-state index contributed by atoms with van der Waals surface area (Å²) in [5.41, 5.74) is 8.35. The smallest absolute Gasteiger partial charge is 0.217 e. The Hall–Kier alpha value is -2.37. The van der Waals surface area contributed by atoms with Crippen LogP contribution in [-0.4, -0.2) is 20.0 Å². The summed E-state index contributed by atoms with van der Waals surface area (Å²) in [7, 11) is 0. The lowest BCUT2D eigenvalue weighted by Gasteiger charge is -2.07. The number of para-hydroxylation sites is 2. The topological polar surface area (TPSA) is 82.8 Å². The van der Waals surface area contributed by atoms with E-state index >= 15 is 0 Å². The normalized spacial score (nSPS) is 11.5. The average molecular weight is 257 g/mol. The maximum absolute atomic E-state index is 5.83. The van der Waals surface area contributed by atoms with Gasteiger partial charge >= 0.3 is 0 Å². The van der Waals surface area contributed by atoms with Crippen LogP contribution in [0, 0.1) is 0 Å². The summed E-state index contributed by atoms with van der Waals surface area (Å²) < 4.78 is 7.42. The molecule has 0 unspecified atom stereocenters. The van der Waals surface area contributed by atoms with Gasteiger partial charge in [0, 0.05) is 0 Å². The molecule has 19 heavy (non-hydrogen) atoms. The molecule has 6 heteroatoms. The molecule has 0 spiro atoms. The Morgan fingerprint density at radius 3 is 2.84 bits per heavy atom. The fraction of sp³-hybridized carbons (Fsp3) is 0.308. The van der Waals surface area contributed by atoms with E-state index in [1.165, 1.54) is 0 Å². The molecule has 0 amide bonds. The Bertz CT molecular complexity index is 680. The van der Waals surface area contributed by atoms with Gasteiger partial charge in [0.05, 0.1) is 5.69 Å². The number of benzene rings is 1. The standard InChI is InChI=1S/C13H15N5O/c1-8(2)12-13(14)16-17-18(12)7-11-15-9-5-3-4-6-10(9)19-11/h3-6,8H,7,14H2,1-2H3. The highest BCUT2D eigenvalue weighted by molar-refractivity contribution is 5.72. The molecule has 3 rings (SSSR count). The van der Waals surface area contributed by atoms with E-state index in [9.17, 15) is 0 Å². The van der Waals surface area contributed by atoms with Crippen molar-refractivity contribution in [2.24, 2.45) is 0 Å². The number of nitrogens with zero attached hydrogens (tertiary/aromatic N) is 4. The number of anilines is 1. The van der Waals surface area contributed by atoms with Gasteiger partial charge in [-0.1, -0.05) is 31.2 Å². The molecule has 1 aromatic carbocycles. The number of oxazole rings is 1. The van der Waals surface area contributed by atoms with E-state index < -0.39 is 0 Å². The molecule has 0 saturated heterocycles. The largest absolute Gasteiger partial charge is 0.439 e. The van der Waals surface area contributed by atoms with Crippen LogP contribution in [-0.2, 0) is 6.54 Å². The van der Waals surface area contributed by atoms with Crippen molar-refractivity contribution in [2.75, 3.05) is 5.73 Å². The van der Waals surface area contributed by atoms with Gasteiger partial charge in [0.1, 0.15) is 12.1 Å². The van der Waals surface area contributed by atoms with E-state index in [0.29, 0.717) is 18.3 Å². The Morgan fingerprint density at radius 2 is 2.11 bits per heavy atom. The predicted octanol–water partition coefficient (Wildman–Crippen LogP) is 2.17. The molecule has 0 bridgehead atoms. The maximum atomic E-state index is 5.83. The summed E-state index contributed by atoms with van der Waals surface area (Å²) in [6, 6.07) is 7.66. The van der Waals surface area contributed by atoms with Crippen LogP contribution in [0.1, 0.15) is 31.4 Å². The first-order valence-electron chi connectivity index (χ1n) is 6.18. The third kappa shape index (κ3) is 2.05. The lowest BCUT2D eigenvalue weighted by Crippen LogP contribution is -2.09. The maximum Gasteiger partial charge on any atom is 0.217 e. The number of aromatic nitrogens is 4. The lowest BCUT2D eigenvalue weighted by atomic mass is 10.1. The molecule has 2 aromatic heterocycles. The van der Waals surface area contributed by atoms with Crippen LogP contribution in [0.25, 0.3) is 11.1 Å². The molecule has 0 aliphatic heterocycles. The van der Waals surface area contributed by atoms with E-state index in [1.807, 2.05) is 24.3 Å². The molecule has 0 aliphatic carbocycles. The highest BCUT2D eigenvalue weighted by atomic mass is 16.3. The van der Waals surface area contributed by atoms with E-state index in [1.54, 1.807) is 4.68 Å². The number of fused-ring (bicyclic) bond motifs is 1. The molecule has 3 aromatic rings. The summed E-state index contributed by atoms with van der Waals surface area (Å²) in [4.78, 5) is 4.42. The monoisotopic (exact) mass is 257 g/mol. The SMILES string of the molecule is CC(C)c1c(N)nnn1Cc1nc2ccccc2o1. The van der Waals surface area contributed by atoms with Gasteiger partial charge in [-0.15, -0.1) is 5.10 Å². The van der Waals surface area contributed by atoms with Crippen LogP contribution in [0.4, 0.5) is 5.82 Å². The van der Waals surface area contributed by atoms with Gasteiger partial charge in [0.15, 0.2) is 11.4 Å². The van der Waals surface area contributed by atoms with Crippen molar-refractivity contribution in [3.63, 3.8) is 0 Å². The molecule has 6 nitrogen and oxygen atoms in total. The zero-order valence-corrected chi connectivity index (χ0v) is 10.9. The molecule has 0 saturated carbocycles. The van der Waals surface area contributed by atoms with Crippen molar-refractivity contribution >= 4 is 16.9 Å². The molecular weight excluding hydrogens is 242 g/mol. The summed E-state index contributed by atoms with van der Waals surface area (Å²) in [6.45, 7) is 4.54. The zero-order chi connectivity index (χ0) is 13.4. The van der Waals surface area contributed by atoms with Gasteiger partial charge in [0.2, 0.25) is 5.89 Å². The molecule has 2 N–H and O–H groups in total. The number of rotatable bonds is 3. The van der Waals surface area contributed by atoms with Gasteiger partial charge < -0.3 is 10.2 Å². The Labute approximate surface area is 110 Å². The van der Waals surface area contributed by atoms with Gasteiger partial charge in [-0.25, -0.2) is 9.67 Å². The molecule has 0 atom stereocenters. The summed E-state index contributed by atoms with van der Waals surface area (Å²) in [5, 5.41) is 7.95. The quantitative estimate of drug-likeness (QED) is 0.777. The van der Waals surface area contributed by atoms with Gasteiger partial charge in [0.25, 0.3) is 0 Å². The second kappa shape index (κ2) is 4.38. The van der Waals surface area contributed by atoms with Gasteiger partial charge in [-0.3, -0.25) is 0 Å². The summed E-state index contributed by atoms with van der Waals surface area (Å²) >= 11 is 0. The highest BCUT2D eigenvalue weighted by Crippen LogP contribution is 2.21. The van der Waals surface area contributed by atoms with Crippen molar-refractivity contribution in [2.45, 2.75) is 26.3 Å². The first-order chi connectivity index (χ1) is 9.15. The number of hydrogen-bond donors (Lipinski definition) is 1. The van der Waals surface area contributed by atoms with Crippen molar-refractivity contribution in [1.29, 1.82) is 0 Å². The van der Waals surface area contributed by atoms with Crippen LogP contribution < -0.4 is 5.73 Å². The van der Waals surface area contributed by atoms with E-state index in [4.69, 9.17) is 10.2 Å². The first-order valence-corrected chi connectivity index (χ1v) is 6.18. The van der Waals surface area contributed by atoms with Crippen LogP contribution in [0.3, 0.4) is 0 Å². The minimum atomic E-state index is 0.249. The summed E-state index contributed by atoms with van der Waals surface area (Å²) in [6.07, 6.45) is 0. The fourth-order valence-corrected chi connectivity index (χ4v) is 2.16. The molecule has 2 heterocycles. The van der Waals surface area contributed by atoms with Crippen LogP contribution in [0.5, 0.6) is 0 Å².